The monoisotopic (exact) mass is 617 g/mol. The average Bonchev–Trinajstić information content (AvgIpc) is 3.25. The Labute approximate surface area is 272 Å². The molecule has 5 rings (SSSR count). The molecule has 45 heavy (non-hydrogen) atoms. The number of imide groups is 1. The van der Waals surface area contributed by atoms with E-state index in [1.807, 2.05) is 0 Å². The van der Waals surface area contributed by atoms with E-state index >= 15 is 0 Å². The number of aliphatic carboxylic acids is 1. The minimum Gasteiger partial charge on any atom is -0.481 e. The molecule has 3 fully saturated rings. The molecule has 5 aliphatic rings. The van der Waals surface area contributed by atoms with Crippen LogP contribution in [-0.2, 0) is 14.4 Å². The lowest BCUT2D eigenvalue weighted by Crippen LogP contribution is -2.49. The number of likely N-dealkylation sites (tertiary alicyclic amines) is 1. The number of rotatable bonds is 8. The van der Waals surface area contributed by atoms with Gasteiger partial charge >= 0.3 is 5.97 Å². The first kappa shape index (κ1) is 33.9. The van der Waals surface area contributed by atoms with Crippen LogP contribution in [0.2, 0.25) is 0 Å². The van der Waals surface area contributed by atoms with Crippen molar-refractivity contribution in [2.24, 2.45) is 45.3 Å². The number of carbonyl (C=O) groups excluding carboxylic acids is 2. The average molecular weight is 618 g/mol. The number of hydrogen-bond acceptors (Lipinski definition) is 3. The largest absolute Gasteiger partial charge is 0.481 e. The second kappa shape index (κ2) is 12.3. The lowest BCUT2D eigenvalue weighted by molar-refractivity contribution is -0.137. The van der Waals surface area contributed by atoms with E-state index in [2.05, 4.69) is 73.6 Å². The van der Waals surface area contributed by atoms with Crippen molar-refractivity contribution < 1.29 is 19.5 Å². The Morgan fingerprint density at radius 3 is 1.98 bits per heavy atom. The number of carboxylic acid groups (broad SMARTS) is 1. The zero-order valence-electron chi connectivity index (χ0n) is 29.4. The van der Waals surface area contributed by atoms with Crippen molar-refractivity contribution in [1.82, 2.24) is 4.90 Å². The van der Waals surface area contributed by atoms with Crippen molar-refractivity contribution in [1.29, 1.82) is 0 Å². The van der Waals surface area contributed by atoms with Gasteiger partial charge in [0, 0.05) is 11.8 Å². The highest BCUT2D eigenvalue weighted by atomic mass is 16.4. The molecular weight excluding hydrogens is 558 g/mol. The van der Waals surface area contributed by atoms with Gasteiger partial charge in [0.1, 0.15) is 0 Å². The Hall–Kier alpha value is -2.43. The number of carboxylic acids is 1. The second-order valence-corrected chi connectivity index (χ2v) is 16.8. The van der Waals surface area contributed by atoms with Gasteiger partial charge in [-0.25, -0.2) is 0 Å². The van der Waals surface area contributed by atoms with E-state index in [1.54, 1.807) is 6.20 Å². The topological polar surface area (TPSA) is 74.7 Å². The number of nitrogens with zero attached hydrogens (tertiary/aromatic N) is 1. The van der Waals surface area contributed by atoms with E-state index in [0.29, 0.717) is 41.2 Å². The minimum atomic E-state index is -0.918. The first-order valence-electron chi connectivity index (χ1n) is 17.9. The molecule has 0 unspecified atom stereocenters. The van der Waals surface area contributed by atoms with Crippen LogP contribution in [0.25, 0.3) is 0 Å². The fraction of sp³-hybridized carbons (Fsp3) is 0.725. The van der Waals surface area contributed by atoms with Crippen molar-refractivity contribution in [3.8, 4) is 0 Å². The van der Waals surface area contributed by atoms with E-state index in [-0.39, 0.29) is 46.3 Å². The van der Waals surface area contributed by atoms with Crippen LogP contribution in [0.1, 0.15) is 139 Å². The Bertz CT molecular complexity index is 1350. The summed E-state index contributed by atoms with van der Waals surface area (Å²) in [5, 5.41) is 9.82. The van der Waals surface area contributed by atoms with Gasteiger partial charge in [0.15, 0.2) is 0 Å². The third kappa shape index (κ3) is 5.84. The van der Waals surface area contributed by atoms with Crippen LogP contribution in [0, 0.1) is 45.3 Å². The smallest absolute Gasteiger partial charge is 0.307 e. The molecule has 0 spiro atoms. The minimum absolute atomic E-state index is 0.0594. The van der Waals surface area contributed by atoms with Gasteiger partial charge in [0.05, 0.1) is 12.8 Å². The van der Waals surface area contributed by atoms with E-state index in [0.717, 1.165) is 38.5 Å². The molecule has 248 valence electrons. The fourth-order valence-electron chi connectivity index (χ4n) is 10.8. The first-order valence-corrected chi connectivity index (χ1v) is 17.9. The molecule has 1 saturated heterocycles. The predicted molar refractivity (Wildman–Crippen MR) is 181 cm³/mol. The highest BCUT2D eigenvalue weighted by Gasteiger charge is 2.54. The molecular formula is C40H59NO4. The Morgan fingerprint density at radius 2 is 1.42 bits per heavy atom. The van der Waals surface area contributed by atoms with Gasteiger partial charge in [0.2, 0.25) is 5.91 Å². The summed E-state index contributed by atoms with van der Waals surface area (Å²) in [7, 11) is 0. The normalized spacial score (nSPS) is 41.5. The standard InChI is InChI=1S/C40H59NO4/c1-26-11-9-13-32-37(26,5)19-15-28(3)39(32,7)21-17-30(23-35(43)44)25-41-34(42)24-31(36(41)45)18-22-40(8)29(4)16-20-38(6)27(2)12-10-14-33(38)40/h11-12,18,25,28-29,32-33H,9-10,13-17,19-24H2,1-8H3,(H,43,44)/b30-25+,31-18+/t28-,29-,32+,33+,37+,38+,39+,40+/m1/s1. The number of allylic oxidation sites excluding steroid dienone is 5. The number of amides is 2. The number of hydrogen-bond donors (Lipinski definition) is 1. The van der Waals surface area contributed by atoms with Crippen molar-refractivity contribution in [2.45, 2.75) is 139 Å². The maximum Gasteiger partial charge on any atom is 0.307 e. The Balaban J connectivity index is 1.35. The molecule has 1 N–H and O–H groups in total. The summed E-state index contributed by atoms with van der Waals surface area (Å²) in [6, 6.07) is 0. The number of carbonyl (C=O) groups is 3. The lowest BCUT2D eigenvalue weighted by atomic mass is 9.47. The maximum absolute atomic E-state index is 13.7. The van der Waals surface area contributed by atoms with Crippen LogP contribution >= 0.6 is 0 Å². The van der Waals surface area contributed by atoms with E-state index < -0.39 is 5.97 Å². The molecule has 5 heteroatoms. The second-order valence-electron chi connectivity index (χ2n) is 16.8. The van der Waals surface area contributed by atoms with E-state index in [1.165, 1.54) is 41.7 Å². The molecule has 8 atom stereocenters. The molecule has 1 aliphatic heterocycles. The first-order chi connectivity index (χ1) is 21.1. The molecule has 4 aliphatic carbocycles. The van der Waals surface area contributed by atoms with Gasteiger partial charge < -0.3 is 5.11 Å². The zero-order chi connectivity index (χ0) is 32.9. The SMILES string of the molecule is CC1=CCC[C@@H]2[C@@](C)(C/C=C3\CC(=O)N(/C=C(\CC[C@@]4(C)[C@H](C)CC[C@@]5(C)C(C)=CCC[C@H]45)CC(=O)O)C3=O)[C@H](C)CC[C@@]12C. The summed E-state index contributed by atoms with van der Waals surface area (Å²) >= 11 is 0. The van der Waals surface area contributed by atoms with Crippen LogP contribution < -0.4 is 0 Å². The van der Waals surface area contributed by atoms with Gasteiger partial charge in [0.25, 0.3) is 5.91 Å². The van der Waals surface area contributed by atoms with E-state index in [9.17, 15) is 19.5 Å². The third-order valence-electron chi connectivity index (χ3n) is 14.8. The van der Waals surface area contributed by atoms with E-state index in [4.69, 9.17) is 0 Å². The molecule has 0 radical (unpaired) electrons. The Morgan fingerprint density at radius 1 is 0.889 bits per heavy atom. The summed E-state index contributed by atoms with van der Waals surface area (Å²) in [4.78, 5) is 40.2. The van der Waals surface area contributed by atoms with Crippen LogP contribution in [0.4, 0.5) is 0 Å². The summed E-state index contributed by atoms with van der Waals surface area (Å²) in [6.07, 6.45) is 20.0. The lowest BCUT2D eigenvalue weighted by Gasteiger charge is -2.58. The zero-order valence-corrected chi connectivity index (χ0v) is 29.4. The molecule has 2 amide bonds. The fourth-order valence-corrected chi connectivity index (χ4v) is 10.8. The molecule has 0 aromatic rings. The molecule has 2 saturated carbocycles. The highest BCUT2D eigenvalue weighted by molar-refractivity contribution is 6.14. The van der Waals surface area contributed by atoms with Gasteiger partial charge in [-0.05, 0) is 135 Å². The van der Waals surface area contributed by atoms with Gasteiger partial charge in [-0.2, -0.15) is 0 Å². The summed E-state index contributed by atoms with van der Waals surface area (Å²) in [6.45, 7) is 19.0. The van der Waals surface area contributed by atoms with Crippen molar-refractivity contribution in [2.75, 3.05) is 0 Å². The Kier molecular flexibility index (Phi) is 9.27. The number of fused-ring (bicyclic) bond motifs is 2. The summed E-state index contributed by atoms with van der Waals surface area (Å²) in [5.74, 6) is 0.741. The van der Waals surface area contributed by atoms with Gasteiger partial charge in [-0.15, -0.1) is 0 Å². The van der Waals surface area contributed by atoms with Crippen LogP contribution in [-0.4, -0.2) is 27.8 Å². The van der Waals surface area contributed by atoms with Crippen molar-refractivity contribution >= 4 is 17.8 Å². The van der Waals surface area contributed by atoms with Crippen LogP contribution in [0.5, 0.6) is 0 Å². The quantitative estimate of drug-likeness (QED) is 0.167. The molecule has 5 nitrogen and oxygen atoms in total. The molecule has 0 aromatic carbocycles. The third-order valence-corrected chi connectivity index (χ3v) is 14.8. The van der Waals surface area contributed by atoms with Crippen molar-refractivity contribution in [3.63, 3.8) is 0 Å². The molecule has 0 bridgehead atoms. The maximum atomic E-state index is 13.7. The molecule has 1 heterocycles. The van der Waals surface area contributed by atoms with Gasteiger partial charge in [-0.3, -0.25) is 19.3 Å². The van der Waals surface area contributed by atoms with Crippen molar-refractivity contribution in [3.05, 3.63) is 46.7 Å². The van der Waals surface area contributed by atoms with Crippen LogP contribution in [0.15, 0.2) is 46.7 Å². The summed E-state index contributed by atoms with van der Waals surface area (Å²) in [5.41, 5.74) is 4.77. The van der Waals surface area contributed by atoms with Gasteiger partial charge in [-0.1, -0.05) is 70.9 Å². The molecule has 0 aromatic heterocycles. The highest BCUT2D eigenvalue weighted by Crippen LogP contribution is 2.63. The summed E-state index contributed by atoms with van der Waals surface area (Å²) < 4.78 is 0. The predicted octanol–water partition coefficient (Wildman–Crippen LogP) is 9.80. The van der Waals surface area contributed by atoms with Crippen LogP contribution in [0.3, 0.4) is 0 Å².